The Kier molecular flexibility index (Phi) is 5.87. The van der Waals surface area contributed by atoms with Gasteiger partial charge in [-0.1, -0.05) is 6.07 Å². The highest BCUT2D eigenvalue weighted by atomic mass is 19.4. The van der Waals surface area contributed by atoms with Gasteiger partial charge in [0.1, 0.15) is 11.6 Å². The van der Waals surface area contributed by atoms with Crippen LogP contribution in [0.15, 0.2) is 36.0 Å². The number of amides is 1. The smallest absolute Gasteiger partial charge is 0.416 e. The van der Waals surface area contributed by atoms with Gasteiger partial charge in [0, 0.05) is 25.0 Å². The second kappa shape index (κ2) is 7.91. The van der Waals surface area contributed by atoms with Gasteiger partial charge in [0.2, 0.25) is 0 Å². The van der Waals surface area contributed by atoms with Crippen LogP contribution in [-0.2, 0) is 15.8 Å². The summed E-state index contributed by atoms with van der Waals surface area (Å²) in [5.74, 6) is -2.02. The van der Waals surface area contributed by atoms with Crippen molar-refractivity contribution in [3.63, 3.8) is 0 Å². The van der Waals surface area contributed by atoms with Gasteiger partial charge in [-0.05, 0) is 31.0 Å². The zero-order valence-electron chi connectivity index (χ0n) is 13.6. The molecule has 6 nitrogen and oxygen atoms in total. The molecular weight excluding hydrogens is 351 g/mol. The van der Waals surface area contributed by atoms with E-state index in [1.54, 1.807) is 6.07 Å². The lowest BCUT2D eigenvalue weighted by Gasteiger charge is -2.29. The van der Waals surface area contributed by atoms with Crippen molar-refractivity contribution >= 4 is 17.6 Å². The molecule has 26 heavy (non-hydrogen) atoms. The molecular formula is C17H16F3N3O3. The van der Waals surface area contributed by atoms with Crippen molar-refractivity contribution in [2.45, 2.75) is 19.0 Å². The topological polar surface area (TPSA) is 93.4 Å². The summed E-state index contributed by atoms with van der Waals surface area (Å²) in [5.41, 5.74) is -1.03. The first kappa shape index (κ1) is 19.3. The molecule has 0 saturated carbocycles. The van der Waals surface area contributed by atoms with Crippen LogP contribution in [0.4, 0.5) is 18.9 Å². The van der Waals surface area contributed by atoms with E-state index in [2.05, 4.69) is 5.32 Å². The number of hydrogen-bond acceptors (Lipinski definition) is 4. The van der Waals surface area contributed by atoms with Crippen LogP contribution in [0, 0.1) is 17.2 Å². The van der Waals surface area contributed by atoms with Crippen LogP contribution in [0.2, 0.25) is 0 Å². The Morgan fingerprint density at radius 1 is 1.31 bits per heavy atom. The molecule has 9 heteroatoms. The number of carbonyl (C=O) groups excluding carboxylic acids is 1. The summed E-state index contributed by atoms with van der Waals surface area (Å²) in [7, 11) is 0. The predicted molar refractivity (Wildman–Crippen MR) is 85.7 cm³/mol. The number of alkyl halides is 3. The molecule has 0 atom stereocenters. The van der Waals surface area contributed by atoms with Crippen LogP contribution in [0.25, 0.3) is 0 Å². The number of hydrogen-bond donors (Lipinski definition) is 2. The molecule has 1 aliphatic heterocycles. The Labute approximate surface area is 147 Å². The van der Waals surface area contributed by atoms with E-state index in [1.165, 1.54) is 17.0 Å². The van der Waals surface area contributed by atoms with Crippen molar-refractivity contribution in [2.75, 3.05) is 18.4 Å². The fourth-order valence-electron chi connectivity index (χ4n) is 2.58. The summed E-state index contributed by atoms with van der Waals surface area (Å²) in [5, 5.41) is 20.6. The third-order valence-electron chi connectivity index (χ3n) is 4.06. The second-order valence-electron chi connectivity index (χ2n) is 5.80. The van der Waals surface area contributed by atoms with E-state index in [-0.39, 0.29) is 24.4 Å². The molecule has 1 heterocycles. The molecule has 0 unspecified atom stereocenters. The van der Waals surface area contributed by atoms with Gasteiger partial charge in [-0.15, -0.1) is 0 Å². The first-order valence-electron chi connectivity index (χ1n) is 7.78. The molecule has 0 radical (unpaired) electrons. The minimum Gasteiger partial charge on any atom is -0.481 e. The third kappa shape index (κ3) is 4.75. The molecule has 0 spiro atoms. The molecule has 1 fully saturated rings. The van der Waals surface area contributed by atoms with Crippen molar-refractivity contribution in [3.05, 3.63) is 41.6 Å². The van der Waals surface area contributed by atoms with Crippen LogP contribution in [0.5, 0.6) is 0 Å². The number of likely N-dealkylation sites (tertiary alicyclic amines) is 1. The number of carboxylic acids is 1. The molecule has 0 bridgehead atoms. The lowest BCUT2D eigenvalue weighted by molar-refractivity contribution is -0.145. The van der Waals surface area contributed by atoms with Gasteiger partial charge in [-0.2, -0.15) is 18.4 Å². The number of halogens is 3. The molecule has 2 N–H and O–H groups in total. The van der Waals surface area contributed by atoms with Crippen molar-refractivity contribution in [3.8, 4) is 6.07 Å². The van der Waals surface area contributed by atoms with Crippen molar-refractivity contribution < 1.29 is 27.9 Å². The maximum absolute atomic E-state index is 12.7. The van der Waals surface area contributed by atoms with Crippen LogP contribution in [0.1, 0.15) is 18.4 Å². The molecule has 0 aliphatic carbocycles. The van der Waals surface area contributed by atoms with Crippen molar-refractivity contribution in [1.82, 2.24) is 4.90 Å². The number of rotatable bonds is 4. The third-order valence-corrected chi connectivity index (χ3v) is 4.06. The number of carbonyl (C=O) groups is 2. The zero-order chi connectivity index (χ0) is 19.3. The first-order valence-corrected chi connectivity index (χ1v) is 7.78. The molecule has 2 rings (SSSR count). The predicted octanol–water partition coefficient (Wildman–Crippen LogP) is 2.85. The summed E-state index contributed by atoms with van der Waals surface area (Å²) in [6.07, 6.45) is -2.85. The van der Waals surface area contributed by atoms with Crippen LogP contribution in [0.3, 0.4) is 0 Å². The average molecular weight is 367 g/mol. The number of aliphatic carboxylic acids is 1. The van der Waals surface area contributed by atoms with Gasteiger partial charge >= 0.3 is 12.1 Å². The minimum atomic E-state index is -4.50. The van der Waals surface area contributed by atoms with E-state index in [4.69, 9.17) is 10.4 Å². The van der Waals surface area contributed by atoms with E-state index in [1.807, 2.05) is 0 Å². The fraction of sp³-hybridized carbons (Fsp3) is 0.353. The summed E-state index contributed by atoms with van der Waals surface area (Å²) in [6.45, 7) is 0.413. The van der Waals surface area contributed by atoms with Gasteiger partial charge in [0.25, 0.3) is 5.91 Å². The zero-order valence-corrected chi connectivity index (χ0v) is 13.6. The van der Waals surface area contributed by atoms with E-state index in [9.17, 15) is 22.8 Å². The van der Waals surface area contributed by atoms with Gasteiger partial charge in [0.05, 0.1) is 11.5 Å². The Bertz CT molecular complexity index is 760. The number of nitrogens with zero attached hydrogens (tertiary/aromatic N) is 2. The molecule has 138 valence electrons. The van der Waals surface area contributed by atoms with E-state index >= 15 is 0 Å². The highest BCUT2D eigenvalue weighted by molar-refractivity contribution is 5.97. The van der Waals surface area contributed by atoms with E-state index < -0.39 is 29.5 Å². The summed E-state index contributed by atoms with van der Waals surface area (Å²) >= 11 is 0. The number of nitrogens with one attached hydrogen (secondary N) is 1. The Morgan fingerprint density at radius 2 is 1.96 bits per heavy atom. The monoisotopic (exact) mass is 367 g/mol. The molecule has 1 aliphatic rings. The molecule has 1 saturated heterocycles. The summed E-state index contributed by atoms with van der Waals surface area (Å²) in [6, 6.07) is 6.09. The normalized spacial score (nSPS) is 16.1. The first-order chi connectivity index (χ1) is 12.2. The Morgan fingerprint density at radius 3 is 2.50 bits per heavy atom. The number of nitriles is 1. The van der Waals surface area contributed by atoms with E-state index in [0.29, 0.717) is 12.8 Å². The second-order valence-corrected chi connectivity index (χ2v) is 5.80. The number of anilines is 1. The van der Waals surface area contributed by atoms with Gasteiger partial charge in [0.15, 0.2) is 0 Å². The SMILES string of the molecule is N#C/C(=C/Nc1cccc(C(F)(F)F)c1)C(=O)N1CCC(C(=O)O)CC1. The van der Waals surface area contributed by atoms with E-state index in [0.717, 1.165) is 18.3 Å². The van der Waals surface area contributed by atoms with Gasteiger partial charge < -0.3 is 15.3 Å². The van der Waals surface area contributed by atoms with Crippen molar-refractivity contribution in [1.29, 1.82) is 5.26 Å². The quantitative estimate of drug-likeness (QED) is 0.631. The Balaban J connectivity index is 2.06. The lowest BCUT2D eigenvalue weighted by Crippen LogP contribution is -2.40. The molecule has 1 aromatic rings. The maximum atomic E-state index is 12.7. The van der Waals surface area contributed by atoms with Gasteiger partial charge in [-0.25, -0.2) is 0 Å². The van der Waals surface area contributed by atoms with Gasteiger partial charge in [-0.3, -0.25) is 9.59 Å². The number of carboxylic acid groups (broad SMARTS) is 1. The lowest BCUT2D eigenvalue weighted by atomic mass is 9.97. The fourth-order valence-corrected chi connectivity index (χ4v) is 2.58. The largest absolute Gasteiger partial charge is 0.481 e. The summed E-state index contributed by atoms with van der Waals surface area (Å²) in [4.78, 5) is 24.6. The molecule has 0 aromatic heterocycles. The average Bonchev–Trinajstić information content (AvgIpc) is 2.61. The molecule has 1 amide bonds. The minimum absolute atomic E-state index is 0.0879. The highest BCUT2D eigenvalue weighted by Gasteiger charge is 2.30. The standard InChI is InChI=1S/C17H16F3N3O3/c18-17(19,20)13-2-1-3-14(8-13)22-10-12(9-21)15(24)23-6-4-11(5-7-23)16(25)26/h1-3,8,10-11,22H,4-7H2,(H,25,26)/b12-10-. The number of piperidine rings is 1. The Hall–Kier alpha value is -3.02. The van der Waals surface area contributed by atoms with Crippen LogP contribution < -0.4 is 5.32 Å². The van der Waals surface area contributed by atoms with Crippen LogP contribution in [-0.4, -0.2) is 35.0 Å². The van der Waals surface area contributed by atoms with Crippen molar-refractivity contribution in [2.24, 2.45) is 5.92 Å². The number of benzene rings is 1. The van der Waals surface area contributed by atoms with Crippen LogP contribution >= 0.6 is 0 Å². The molecule has 1 aromatic carbocycles. The summed E-state index contributed by atoms with van der Waals surface area (Å²) < 4.78 is 38.1. The highest BCUT2D eigenvalue weighted by Crippen LogP contribution is 2.30. The maximum Gasteiger partial charge on any atom is 0.416 e.